The first kappa shape index (κ1) is 17.7. The number of nitrogens with zero attached hydrogens (tertiary/aromatic N) is 2. The van der Waals surface area contributed by atoms with Gasteiger partial charge in [-0.3, -0.25) is 0 Å². The molecule has 3 rings (SSSR count). The topological polar surface area (TPSA) is 59.1 Å². The number of hydrogen-bond acceptors (Lipinski definition) is 5. The van der Waals surface area contributed by atoms with Crippen LogP contribution < -0.4 is 4.74 Å². The van der Waals surface area contributed by atoms with E-state index in [1.165, 1.54) is 0 Å². The fourth-order valence-electron chi connectivity index (χ4n) is 3.61. The number of sulfonamides is 1. The number of piperidine rings is 1. The van der Waals surface area contributed by atoms with Gasteiger partial charge < -0.3 is 14.4 Å². The van der Waals surface area contributed by atoms with E-state index in [4.69, 9.17) is 9.47 Å². The first-order valence-electron chi connectivity index (χ1n) is 8.32. The molecule has 24 heavy (non-hydrogen) atoms. The molecule has 0 spiro atoms. The molecule has 2 aliphatic rings. The molecule has 1 fully saturated rings. The highest BCUT2D eigenvalue weighted by Gasteiger charge is 2.39. The number of likely N-dealkylation sites (N-methyl/N-ethyl adjacent to an activating group) is 1. The van der Waals surface area contributed by atoms with Crippen molar-refractivity contribution in [2.75, 3.05) is 47.4 Å². The highest BCUT2D eigenvalue weighted by molar-refractivity contribution is 7.89. The molecular weight excluding hydrogens is 328 g/mol. The molecule has 0 atom stereocenters. The van der Waals surface area contributed by atoms with Gasteiger partial charge in [0.1, 0.15) is 5.75 Å². The Kier molecular flexibility index (Phi) is 4.88. The maximum absolute atomic E-state index is 12.9. The van der Waals surface area contributed by atoms with Gasteiger partial charge in [0.25, 0.3) is 0 Å². The van der Waals surface area contributed by atoms with Crippen molar-refractivity contribution in [3.63, 3.8) is 0 Å². The fourth-order valence-corrected chi connectivity index (χ4v) is 5.10. The van der Waals surface area contributed by atoms with Crippen molar-refractivity contribution < 1.29 is 17.9 Å². The predicted molar refractivity (Wildman–Crippen MR) is 91.9 cm³/mol. The van der Waals surface area contributed by atoms with Crippen LogP contribution in [0.5, 0.6) is 5.75 Å². The van der Waals surface area contributed by atoms with E-state index in [2.05, 4.69) is 4.90 Å². The molecule has 0 radical (unpaired) electrons. The maximum atomic E-state index is 12.9. The van der Waals surface area contributed by atoms with Gasteiger partial charge >= 0.3 is 0 Å². The minimum Gasteiger partial charge on any atom is -0.493 e. The summed E-state index contributed by atoms with van der Waals surface area (Å²) in [5, 5.41) is 0. The summed E-state index contributed by atoms with van der Waals surface area (Å²) < 4.78 is 38.7. The van der Waals surface area contributed by atoms with E-state index < -0.39 is 10.0 Å². The summed E-state index contributed by atoms with van der Waals surface area (Å²) in [6, 6.07) is 5.18. The Bertz CT molecular complexity index is 695. The van der Waals surface area contributed by atoms with Crippen LogP contribution in [0.4, 0.5) is 0 Å². The van der Waals surface area contributed by atoms with Crippen LogP contribution in [0.2, 0.25) is 0 Å². The van der Waals surface area contributed by atoms with Crippen molar-refractivity contribution in [2.24, 2.45) is 0 Å². The van der Waals surface area contributed by atoms with Crippen molar-refractivity contribution in [3.05, 3.63) is 23.8 Å². The average molecular weight is 354 g/mol. The summed E-state index contributed by atoms with van der Waals surface area (Å²) in [7, 11) is 2.28. The number of methoxy groups -OCH3 is 1. The monoisotopic (exact) mass is 354 g/mol. The van der Waals surface area contributed by atoms with Crippen molar-refractivity contribution in [2.45, 2.75) is 29.8 Å². The van der Waals surface area contributed by atoms with Crippen molar-refractivity contribution in [1.82, 2.24) is 9.21 Å². The number of benzene rings is 1. The van der Waals surface area contributed by atoms with Gasteiger partial charge in [-0.2, -0.15) is 4.31 Å². The van der Waals surface area contributed by atoms with E-state index in [0.717, 1.165) is 24.3 Å². The van der Waals surface area contributed by atoms with Gasteiger partial charge in [-0.15, -0.1) is 0 Å². The molecule has 2 heterocycles. The smallest absolute Gasteiger partial charge is 0.243 e. The molecule has 1 aromatic carbocycles. The molecule has 0 N–H and O–H groups in total. The minimum atomic E-state index is -3.46. The Morgan fingerprint density at radius 2 is 2.00 bits per heavy atom. The normalized spacial score (nSPS) is 20.8. The Balaban J connectivity index is 1.75. The molecule has 0 bridgehead atoms. The molecule has 7 heteroatoms. The summed E-state index contributed by atoms with van der Waals surface area (Å²) in [5.74, 6) is 0.803. The summed E-state index contributed by atoms with van der Waals surface area (Å²) in [6.07, 6.45) is 2.18. The van der Waals surface area contributed by atoms with Gasteiger partial charge in [-0.25, -0.2) is 8.42 Å². The number of fused-ring (bicyclic) bond motifs is 1. The van der Waals surface area contributed by atoms with E-state index in [1.54, 1.807) is 29.6 Å². The molecule has 0 amide bonds. The van der Waals surface area contributed by atoms with Gasteiger partial charge in [-0.05, 0) is 50.7 Å². The van der Waals surface area contributed by atoms with Crippen LogP contribution >= 0.6 is 0 Å². The summed E-state index contributed by atoms with van der Waals surface area (Å²) in [4.78, 5) is 2.46. The van der Waals surface area contributed by atoms with E-state index in [0.29, 0.717) is 37.4 Å². The summed E-state index contributed by atoms with van der Waals surface area (Å²) in [6.45, 7) is 2.40. The first-order valence-corrected chi connectivity index (χ1v) is 9.76. The number of ether oxygens (including phenoxy) is 2. The van der Waals surface area contributed by atoms with E-state index in [-0.39, 0.29) is 5.60 Å². The zero-order valence-corrected chi connectivity index (χ0v) is 15.4. The van der Waals surface area contributed by atoms with Crippen molar-refractivity contribution >= 4 is 10.0 Å². The van der Waals surface area contributed by atoms with Gasteiger partial charge in [0.05, 0.1) is 17.1 Å². The Labute approximate surface area is 144 Å². The molecule has 0 unspecified atom stereocenters. The zero-order chi connectivity index (χ0) is 17.4. The molecule has 0 aromatic heterocycles. The van der Waals surface area contributed by atoms with Gasteiger partial charge in [0.15, 0.2) is 0 Å². The SMILES string of the molecule is COC1(CN(C)C)CCN(S(=O)(=O)c2ccc3c(c2)CCO3)CC1. The summed E-state index contributed by atoms with van der Waals surface area (Å²) in [5.41, 5.74) is 0.716. The van der Waals surface area contributed by atoms with Crippen LogP contribution in [0, 0.1) is 0 Å². The molecule has 1 saturated heterocycles. The average Bonchev–Trinajstić information content (AvgIpc) is 3.02. The van der Waals surface area contributed by atoms with Gasteiger partial charge in [0.2, 0.25) is 10.0 Å². The molecule has 0 aliphatic carbocycles. The quantitative estimate of drug-likeness (QED) is 0.799. The van der Waals surface area contributed by atoms with Crippen LogP contribution in [-0.4, -0.2) is 70.7 Å². The standard InChI is InChI=1S/C17H26N2O4S/c1-18(2)13-17(22-3)7-9-19(10-8-17)24(20,21)15-4-5-16-14(12-15)6-11-23-16/h4-5,12H,6-11,13H2,1-3H3. The second kappa shape index (κ2) is 6.63. The maximum Gasteiger partial charge on any atom is 0.243 e. The van der Waals surface area contributed by atoms with Crippen LogP contribution in [-0.2, 0) is 21.2 Å². The third kappa shape index (κ3) is 3.31. The van der Waals surface area contributed by atoms with Gasteiger partial charge in [0, 0.05) is 33.2 Å². The highest BCUT2D eigenvalue weighted by atomic mass is 32.2. The molecule has 134 valence electrons. The molecule has 2 aliphatic heterocycles. The third-order valence-electron chi connectivity index (χ3n) is 4.97. The van der Waals surface area contributed by atoms with E-state index in [9.17, 15) is 8.42 Å². The number of hydrogen-bond donors (Lipinski definition) is 0. The minimum absolute atomic E-state index is 0.263. The van der Waals surface area contributed by atoms with E-state index in [1.807, 2.05) is 14.1 Å². The largest absolute Gasteiger partial charge is 0.493 e. The van der Waals surface area contributed by atoms with Crippen LogP contribution in [0.1, 0.15) is 18.4 Å². The third-order valence-corrected chi connectivity index (χ3v) is 6.86. The van der Waals surface area contributed by atoms with Crippen molar-refractivity contribution in [3.8, 4) is 5.75 Å². The Morgan fingerprint density at radius 3 is 2.62 bits per heavy atom. The molecule has 1 aromatic rings. The zero-order valence-electron chi connectivity index (χ0n) is 14.6. The fraction of sp³-hybridized carbons (Fsp3) is 0.647. The first-order chi connectivity index (χ1) is 11.4. The predicted octanol–water partition coefficient (Wildman–Crippen LogP) is 1.35. The van der Waals surface area contributed by atoms with Crippen LogP contribution in [0.25, 0.3) is 0 Å². The Morgan fingerprint density at radius 1 is 1.29 bits per heavy atom. The second-order valence-corrected chi connectivity index (χ2v) is 8.83. The Hall–Kier alpha value is -1.15. The van der Waals surface area contributed by atoms with E-state index >= 15 is 0 Å². The lowest BCUT2D eigenvalue weighted by Crippen LogP contribution is -2.52. The van der Waals surface area contributed by atoms with Crippen LogP contribution in [0.3, 0.4) is 0 Å². The lowest BCUT2D eigenvalue weighted by Gasteiger charge is -2.41. The molecule has 6 nitrogen and oxygen atoms in total. The molecular formula is C17H26N2O4S. The molecule has 0 saturated carbocycles. The van der Waals surface area contributed by atoms with Crippen LogP contribution in [0.15, 0.2) is 23.1 Å². The van der Waals surface area contributed by atoms with Gasteiger partial charge in [-0.1, -0.05) is 0 Å². The highest BCUT2D eigenvalue weighted by Crippen LogP contribution is 2.32. The summed E-state index contributed by atoms with van der Waals surface area (Å²) >= 11 is 0. The lowest BCUT2D eigenvalue weighted by atomic mass is 9.91. The number of rotatable bonds is 5. The lowest BCUT2D eigenvalue weighted by molar-refractivity contribution is -0.0597. The second-order valence-electron chi connectivity index (χ2n) is 6.90. The van der Waals surface area contributed by atoms with Crippen molar-refractivity contribution in [1.29, 1.82) is 0 Å².